The first-order chi connectivity index (χ1) is 5.27. The number of hydrogen-bond acceptors (Lipinski definition) is 2. The number of benzene rings is 1. The second-order valence-electron chi connectivity index (χ2n) is 2.46. The number of aromatic nitrogens is 1. The van der Waals surface area contributed by atoms with E-state index in [-0.39, 0.29) is 29.6 Å². The maximum Gasteiger partial charge on any atom is 0.159 e. The first-order valence-electron chi connectivity index (χ1n) is 3.36. The standard InChI is InChI=1S/C8H7NS2.Na/c1-5-3-2-4-6-7(5)9-8(10)11-6;/h2-4H,1H3,(H,9,10);. The van der Waals surface area contributed by atoms with Gasteiger partial charge >= 0.3 is 0 Å². The second-order valence-corrected chi connectivity index (χ2v) is 4.18. The van der Waals surface area contributed by atoms with Crippen molar-refractivity contribution >= 4 is 63.3 Å². The van der Waals surface area contributed by atoms with Crippen LogP contribution in [0.25, 0.3) is 10.2 Å². The van der Waals surface area contributed by atoms with Gasteiger partial charge in [0.1, 0.15) is 0 Å². The van der Waals surface area contributed by atoms with Gasteiger partial charge in [-0.1, -0.05) is 12.1 Å². The smallest absolute Gasteiger partial charge is 0.159 e. The third kappa shape index (κ3) is 1.80. The van der Waals surface area contributed by atoms with Gasteiger partial charge in [0.05, 0.1) is 10.2 Å². The topological polar surface area (TPSA) is 15.8 Å². The van der Waals surface area contributed by atoms with Gasteiger partial charge in [0.25, 0.3) is 0 Å². The molecule has 0 aliphatic rings. The van der Waals surface area contributed by atoms with Gasteiger partial charge in [-0.25, -0.2) is 0 Å². The van der Waals surface area contributed by atoms with Gasteiger partial charge in [0, 0.05) is 29.6 Å². The maximum absolute atomic E-state index is 5.04. The van der Waals surface area contributed by atoms with Gasteiger partial charge in [-0.05, 0) is 30.8 Å². The van der Waals surface area contributed by atoms with Gasteiger partial charge in [0.2, 0.25) is 0 Å². The Morgan fingerprint density at radius 3 is 2.83 bits per heavy atom. The number of aromatic amines is 1. The zero-order chi connectivity index (χ0) is 7.84. The molecular weight excluding hydrogens is 197 g/mol. The first kappa shape index (κ1) is 10.4. The van der Waals surface area contributed by atoms with Gasteiger partial charge in [-0.15, -0.1) is 11.3 Å². The zero-order valence-corrected chi connectivity index (χ0v) is 10.7. The summed E-state index contributed by atoms with van der Waals surface area (Å²) in [5.41, 5.74) is 2.44. The largest absolute Gasteiger partial charge is 0.337 e. The normalized spacial score (nSPS) is 9.75. The quantitative estimate of drug-likeness (QED) is 0.515. The predicted octanol–water partition coefficient (Wildman–Crippen LogP) is 2.89. The van der Waals surface area contributed by atoms with Crippen molar-refractivity contribution in [2.75, 3.05) is 0 Å². The number of H-pyrrole nitrogens is 1. The van der Waals surface area contributed by atoms with Gasteiger partial charge in [-0.3, -0.25) is 0 Å². The van der Waals surface area contributed by atoms with Gasteiger partial charge in [-0.2, -0.15) is 0 Å². The van der Waals surface area contributed by atoms with E-state index in [2.05, 4.69) is 30.1 Å². The van der Waals surface area contributed by atoms with Crippen LogP contribution in [-0.4, -0.2) is 34.5 Å². The molecule has 2 rings (SSSR count). The van der Waals surface area contributed by atoms with Crippen LogP contribution in [0.15, 0.2) is 18.2 Å². The van der Waals surface area contributed by atoms with E-state index in [1.165, 1.54) is 15.8 Å². The molecule has 1 aromatic heterocycles. The molecule has 0 aliphatic heterocycles. The fraction of sp³-hybridized carbons (Fsp3) is 0.125. The molecular formula is C8H7NNaS2. The molecule has 0 atom stereocenters. The summed E-state index contributed by atoms with van der Waals surface area (Å²) in [5, 5.41) is 0. The average molecular weight is 204 g/mol. The summed E-state index contributed by atoms with van der Waals surface area (Å²) in [6.07, 6.45) is 0. The number of nitrogens with one attached hydrogen (secondary N) is 1. The number of aryl methyl sites for hydroxylation is 1. The fourth-order valence-corrected chi connectivity index (χ4v) is 2.30. The molecule has 2 aromatic rings. The van der Waals surface area contributed by atoms with Crippen molar-refractivity contribution in [3.8, 4) is 0 Å². The Morgan fingerprint density at radius 1 is 1.42 bits per heavy atom. The van der Waals surface area contributed by atoms with Crippen molar-refractivity contribution in [2.45, 2.75) is 6.92 Å². The minimum Gasteiger partial charge on any atom is -0.337 e. The third-order valence-electron chi connectivity index (χ3n) is 1.66. The van der Waals surface area contributed by atoms with E-state index in [4.69, 9.17) is 12.2 Å². The molecule has 1 aromatic carbocycles. The molecule has 0 amide bonds. The molecule has 4 heteroatoms. The predicted molar refractivity (Wildman–Crippen MR) is 57.5 cm³/mol. The number of para-hydroxylation sites is 1. The Balaban J connectivity index is 0.000000720. The fourth-order valence-electron chi connectivity index (χ4n) is 1.11. The molecule has 0 saturated carbocycles. The Hall–Kier alpha value is 0.330. The van der Waals surface area contributed by atoms with Crippen LogP contribution in [0.5, 0.6) is 0 Å². The van der Waals surface area contributed by atoms with E-state index in [0.717, 1.165) is 3.95 Å². The minimum absolute atomic E-state index is 0. The number of thiazole rings is 1. The van der Waals surface area contributed by atoms with Crippen LogP contribution in [0, 0.1) is 10.9 Å². The summed E-state index contributed by atoms with van der Waals surface area (Å²) in [5.74, 6) is 0. The summed E-state index contributed by atoms with van der Waals surface area (Å²) in [7, 11) is 0. The summed E-state index contributed by atoms with van der Waals surface area (Å²) < 4.78 is 2.10. The second kappa shape index (κ2) is 4.03. The number of rotatable bonds is 0. The summed E-state index contributed by atoms with van der Waals surface area (Å²) in [6, 6.07) is 6.22. The Morgan fingerprint density at radius 2 is 2.17 bits per heavy atom. The molecule has 1 radical (unpaired) electrons. The SMILES string of the molecule is Cc1cccc2sc(=S)[nH]c12.[Na]. The molecule has 0 spiro atoms. The summed E-state index contributed by atoms with van der Waals surface area (Å²) in [6.45, 7) is 2.08. The molecule has 0 fully saturated rings. The summed E-state index contributed by atoms with van der Waals surface area (Å²) >= 11 is 6.66. The Bertz CT molecular complexity index is 443. The van der Waals surface area contributed by atoms with Crippen LogP contribution < -0.4 is 0 Å². The van der Waals surface area contributed by atoms with Crippen molar-refractivity contribution in [1.29, 1.82) is 0 Å². The molecule has 1 heterocycles. The van der Waals surface area contributed by atoms with Gasteiger partial charge < -0.3 is 4.98 Å². The Labute approximate surface area is 102 Å². The molecule has 1 N–H and O–H groups in total. The van der Waals surface area contributed by atoms with Crippen LogP contribution in [0.1, 0.15) is 5.56 Å². The van der Waals surface area contributed by atoms with Crippen molar-refractivity contribution in [1.82, 2.24) is 4.98 Å². The van der Waals surface area contributed by atoms with Gasteiger partial charge in [0.15, 0.2) is 3.95 Å². The van der Waals surface area contributed by atoms with Crippen molar-refractivity contribution < 1.29 is 0 Å². The average Bonchev–Trinajstić information content (AvgIpc) is 2.31. The van der Waals surface area contributed by atoms with E-state index < -0.39 is 0 Å². The molecule has 12 heavy (non-hydrogen) atoms. The van der Waals surface area contributed by atoms with Crippen LogP contribution in [-0.2, 0) is 0 Å². The van der Waals surface area contributed by atoms with E-state index >= 15 is 0 Å². The molecule has 0 bridgehead atoms. The zero-order valence-electron chi connectivity index (χ0n) is 7.05. The van der Waals surface area contributed by atoms with Crippen LogP contribution in [0.3, 0.4) is 0 Å². The molecule has 1 nitrogen and oxygen atoms in total. The monoisotopic (exact) mass is 204 g/mol. The number of fused-ring (bicyclic) bond motifs is 1. The third-order valence-corrected chi connectivity index (χ3v) is 2.86. The molecule has 57 valence electrons. The molecule has 0 aliphatic carbocycles. The van der Waals surface area contributed by atoms with Crippen molar-refractivity contribution in [3.05, 3.63) is 27.7 Å². The van der Waals surface area contributed by atoms with Crippen molar-refractivity contribution in [3.63, 3.8) is 0 Å². The number of hydrogen-bond donors (Lipinski definition) is 1. The van der Waals surface area contributed by atoms with Crippen LogP contribution in [0.2, 0.25) is 0 Å². The molecule has 0 unspecified atom stereocenters. The minimum atomic E-state index is 0. The van der Waals surface area contributed by atoms with Crippen LogP contribution in [0.4, 0.5) is 0 Å². The van der Waals surface area contributed by atoms with E-state index in [0.29, 0.717) is 0 Å². The molecule has 0 saturated heterocycles. The first-order valence-corrected chi connectivity index (χ1v) is 4.58. The van der Waals surface area contributed by atoms with Crippen LogP contribution >= 0.6 is 23.6 Å². The van der Waals surface area contributed by atoms with E-state index in [1.807, 2.05) is 0 Å². The summed E-state index contributed by atoms with van der Waals surface area (Å²) in [4.78, 5) is 3.16. The van der Waals surface area contributed by atoms with E-state index in [9.17, 15) is 0 Å². The maximum atomic E-state index is 5.04. The van der Waals surface area contributed by atoms with Crippen molar-refractivity contribution in [2.24, 2.45) is 0 Å². The Kier molecular flexibility index (Phi) is 3.49. The van der Waals surface area contributed by atoms with E-state index in [1.54, 1.807) is 11.3 Å².